The van der Waals surface area contributed by atoms with Crippen LogP contribution in [0.4, 0.5) is 19.0 Å². The van der Waals surface area contributed by atoms with E-state index < -0.39 is 12.1 Å². The number of anilines is 1. The molecule has 0 fully saturated rings. The highest BCUT2D eigenvalue weighted by Gasteiger charge is 2.39. The Balaban J connectivity index is 2.05. The number of carbonyl (C=O) groups is 1. The van der Waals surface area contributed by atoms with Crippen LogP contribution in [0.15, 0.2) is 66.7 Å². The average Bonchev–Trinajstić information content (AvgIpc) is 2.99. The third-order valence-corrected chi connectivity index (χ3v) is 3.28. The highest BCUT2D eigenvalue weighted by Crippen LogP contribution is 2.27. The minimum Gasteiger partial charge on any atom is -0.301 e. The van der Waals surface area contributed by atoms with E-state index in [1.54, 1.807) is 29.6 Å². The first-order valence-electron chi connectivity index (χ1n) is 7.04. The molecule has 0 bridgehead atoms. The molecule has 0 radical (unpaired) electrons. The van der Waals surface area contributed by atoms with Crippen LogP contribution < -0.4 is 5.32 Å². The minimum atomic E-state index is -4.97. The molecule has 0 atom stereocenters. The molecule has 0 unspecified atom stereocenters. The molecule has 1 aromatic heterocycles. The van der Waals surface area contributed by atoms with Gasteiger partial charge in [0.1, 0.15) is 0 Å². The van der Waals surface area contributed by atoms with Gasteiger partial charge in [-0.05, 0) is 12.1 Å². The summed E-state index contributed by atoms with van der Waals surface area (Å²) in [5.74, 6) is -2.22. The van der Waals surface area contributed by atoms with Crippen molar-refractivity contribution in [3.05, 3.63) is 66.7 Å². The maximum absolute atomic E-state index is 12.4. The predicted octanol–water partition coefficient (Wildman–Crippen LogP) is 4.04. The smallest absolute Gasteiger partial charge is 0.301 e. The molecule has 3 aromatic rings. The second kappa shape index (κ2) is 6.19. The Labute approximate surface area is 135 Å². The molecule has 0 spiro atoms. The lowest BCUT2D eigenvalue weighted by Gasteiger charge is -2.07. The fourth-order valence-corrected chi connectivity index (χ4v) is 2.21. The van der Waals surface area contributed by atoms with Crippen molar-refractivity contribution in [2.24, 2.45) is 0 Å². The van der Waals surface area contributed by atoms with E-state index >= 15 is 0 Å². The second-order valence-electron chi connectivity index (χ2n) is 4.98. The lowest BCUT2D eigenvalue weighted by Crippen LogP contribution is -2.30. The Bertz CT molecular complexity index is 786. The van der Waals surface area contributed by atoms with Crippen LogP contribution in [0.1, 0.15) is 0 Å². The van der Waals surface area contributed by atoms with Crippen LogP contribution in [-0.2, 0) is 4.79 Å². The lowest BCUT2D eigenvalue weighted by atomic mass is 10.1. The summed E-state index contributed by atoms with van der Waals surface area (Å²) in [4.78, 5) is 11.1. The summed E-state index contributed by atoms with van der Waals surface area (Å²) in [5.41, 5.74) is 2.00. The van der Waals surface area contributed by atoms with Crippen molar-refractivity contribution in [1.29, 1.82) is 0 Å². The van der Waals surface area contributed by atoms with E-state index in [0.29, 0.717) is 11.4 Å². The molecule has 122 valence electrons. The largest absolute Gasteiger partial charge is 0.471 e. The molecule has 0 aliphatic rings. The molecular formula is C17H12F3N3O. The van der Waals surface area contributed by atoms with E-state index in [1.807, 2.05) is 36.4 Å². The topological polar surface area (TPSA) is 46.9 Å². The van der Waals surface area contributed by atoms with E-state index in [4.69, 9.17) is 0 Å². The zero-order valence-electron chi connectivity index (χ0n) is 12.3. The first-order chi connectivity index (χ1) is 11.4. The molecule has 7 heteroatoms. The zero-order chi connectivity index (χ0) is 17.2. The van der Waals surface area contributed by atoms with Crippen molar-refractivity contribution in [3.8, 4) is 16.9 Å². The molecule has 1 N–H and O–H groups in total. The van der Waals surface area contributed by atoms with Crippen molar-refractivity contribution in [1.82, 2.24) is 9.78 Å². The monoisotopic (exact) mass is 331 g/mol. The van der Waals surface area contributed by atoms with Crippen LogP contribution in [0.25, 0.3) is 16.9 Å². The maximum atomic E-state index is 12.4. The van der Waals surface area contributed by atoms with Gasteiger partial charge < -0.3 is 5.32 Å². The number of amides is 1. The van der Waals surface area contributed by atoms with Gasteiger partial charge in [-0.15, -0.1) is 5.10 Å². The summed E-state index contributed by atoms with van der Waals surface area (Å²) >= 11 is 0. The molecule has 24 heavy (non-hydrogen) atoms. The van der Waals surface area contributed by atoms with Crippen LogP contribution in [0.2, 0.25) is 0 Å². The first-order valence-corrected chi connectivity index (χ1v) is 7.04. The van der Waals surface area contributed by atoms with Crippen LogP contribution in [-0.4, -0.2) is 21.9 Å². The van der Waals surface area contributed by atoms with Crippen molar-refractivity contribution in [2.75, 3.05) is 5.32 Å². The van der Waals surface area contributed by atoms with Gasteiger partial charge in [0.25, 0.3) is 0 Å². The second-order valence-corrected chi connectivity index (χ2v) is 4.98. The quantitative estimate of drug-likeness (QED) is 0.787. The number of hydrogen-bond acceptors (Lipinski definition) is 2. The molecule has 0 aliphatic heterocycles. The van der Waals surface area contributed by atoms with Gasteiger partial charge in [-0.25, -0.2) is 4.68 Å². The molecule has 0 saturated heterocycles. The highest BCUT2D eigenvalue weighted by molar-refractivity contribution is 5.94. The van der Waals surface area contributed by atoms with Gasteiger partial charge in [0.05, 0.1) is 11.4 Å². The van der Waals surface area contributed by atoms with Gasteiger partial charge in [0.2, 0.25) is 0 Å². The van der Waals surface area contributed by atoms with Gasteiger partial charge in [-0.2, -0.15) is 13.2 Å². The van der Waals surface area contributed by atoms with Crippen LogP contribution >= 0.6 is 0 Å². The summed E-state index contributed by atoms with van der Waals surface area (Å²) in [6, 6.07) is 19.4. The number of alkyl halides is 3. The van der Waals surface area contributed by atoms with Crippen molar-refractivity contribution in [3.63, 3.8) is 0 Å². The molecule has 0 saturated carbocycles. The lowest BCUT2D eigenvalue weighted by molar-refractivity contribution is -0.167. The summed E-state index contributed by atoms with van der Waals surface area (Å²) in [6.45, 7) is 0. The minimum absolute atomic E-state index is 0.167. The number of para-hydroxylation sites is 1. The van der Waals surface area contributed by atoms with Crippen molar-refractivity contribution in [2.45, 2.75) is 6.18 Å². The average molecular weight is 331 g/mol. The standard InChI is InChI=1S/C17H12F3N3O/c18-17(19,20)16(24)21-15-11-14(12-7-3-1-4-8-12)23(22-15)13-9-5-2-6-10-13/h1-11H,(H,21,22,24). The number of halogens is 3. The fourth-order valence-electron chi connectivity index (χ4n) is 2.21. The first kappa shape index (κ1) is 15.8. The van der Waals surface area contributed by atoms with E-state index in [1.165, 1.54) is 10.7 Å². The zero-order valence-corrected chi connectivity index (χ0v) is 12.3. The Kier molecular flexibility index (Phi) is 4.07. The molecule has 0 aliphatic carbocycles. The summed E-state index contributed by atoms with van der Waals surface area (Å²) in [7, 11) is 0. The molecular weight excluding hydrogens is 319 g/mol. The Morgan fingerprint density at radius 1 is 0.958 bits per heavy atom. The van der Waals surface area contributed by atoms with Crippen molar-refractivity contribution < 1.29 is 18.0 Å². The van der Waals surface area contributed by atoms with E-state index in [-0.39, 0.29) is 5.82 Å². The van der Waals surface area contributed by atoms with E-state index in [2.05, 4.69) is 5.10 Å². The van der Waals surface area contributed by atoms with Gasteiger partial charge in [-0.1, -0.05) is 48.5 Å². The number of nitrogens with zero attached hydrogens (tertiary/aromatic N) is 2. The molecule has 1 amide bonds. The third kappa shape index (κ3) is 3.29. The van der Waals surface area contributed by atoms with Crippen LogP contribution in [0, 0.1) is 0 Å². The number of rotatable bonds is 3. The number of nitrogens with one attached hydrogen (secondary N) is 1. The van der Waals surface area contributed by atoms with Crippen LogP contribution in [0.3, 0.4) is 0 Å². The number of benzene rings is 2. The van der Waals surface area contributed by atoms with Crippen LogP contribution in [0.5, 0.6) is 0 Å². The SMILES string of the molecule is O=C(Nc1cc(-c2ccccc2)n(-c2ccccc2)n1)C(F)(F)F. The molecule has 3 rings (SSSR count). The van der Waals surface area contributed by atoms with E-state index in [9.17, 15) is 18.0 Å². The Morgan fingerprint density at radius 2 is 1.54 bits per heavy atom. The van der Waals surface area contributed by atoms with Gasteiger partial charge >= 0.3 is 12.1 Å². The van der Waals surface area contributed by atoms with Gasteiger partial charge in [-0.3, -0.25) is 4.79 Å². The fraction of sp³-hybridized carbons (Fsp3) is 0.0588. The normalized spacial score (nSPS) is 11.3. The maximum Gasteiger partial charge on any atom is 0.471 e. The van der Waals surface area contributed by atoms with Gasteiger partial charge in [0.15, 0.2) is 5.82 Å². The summed E-state index contributed by atoms with van der Waals surface area (Å²) in [6.07, 6.45) is -4.97. The summed E-state index contributed by atoms with van der Waals surface area (Å²) < 4.78 is 38.8. The predicted molar refractivity (Wildman–Crippen MR) is 83.7 cm³/mol. The molecule has 4 nitrogen and oxygen atoms in total. The Morgan fingerprint density at radius 3 is 2.12 bits per heavy atom. The van der Waals surface area contributed by atoms with E-state index in [0.717, 1.165) is 5.56 Å². The Hall–Kier alpha value is -3.09. The molecule has 1 heterocycles. The third-order valence-electron chi connectivity index (χ3n) is 3.28. The number of hydrogen-bond donors (Lipinski definition) is 1. The number of carbonyl (C=O) groups excluding carboxylic acids is 1. The number of aromatic nitrogens is 2. The van der Waals surface area contributed by atoms with Crippen molar-refractivity contribution >= 4 is 11.7 Å². The van der Waals surface area contributed by atoms with Gasteiger partial charge in [0, 0.05) is 11.6 Å². The summed E-state index contributed by atoms with van der Waals surface area (Å²) in [5, 5.41) is 5.88. The highest BCUT2D eigenvalue weighted by atomic mass is 19.4. The molecule has 2 aromatic carbocycles.